The van der Waals surface area contributed by atoms with Gasteiger partial charge in [-0.25, -0.2) is 9.59 Å². The second-order valence-corrected chi connectivity index (χ2v) is 24.5. The molecule has 4 aromatic carbocycles. The number of carboxylic acids is 4. The minimum atomic E-state index is -1.27. The number of aliphatic carboxylic acids is 2. The summed E-state index contributed by atoms with van der Waals surface area (Å²) >= 11 is 13.9. The van der Waals surface area contributed by atoms with E-state index in [1.54, 1.807) is 60.7 Å². The van der Waals surface area contributed by atoms with Gasteiger partial charge in [0.25, 0.3) is 0 Å². The highest BCUT2D eigenvalue weighted by molar-refractivity contribution is 6.33. The quantitative estimate of drug-likeness (QED) is 0.0595. The average molecular weight is 1060 g/mol. The molecule has 0 aromatic heterocycles. The standard InChI is InChI=1S/C63H76Cl2O10/c1-37(2)8-6-9-38(3)51-22-23-52-48-21-20-46-28-39(24-26-62(46,4)53(48)25-27-63(51,52)5)10-7-11-47(44-31-49(60(70)71)58(54(64)33-44)74-35-42-16-12-40(13-17-42)29-56(66)67)45-32-50(61(72)73)59(55(65)34-45)75-36-43-18-14-41(15-19-43)30-57(68)69/h11-19,31-34,37-39,46,48,51-53H,6-10,20-30,35-36H2,1-5H3,(H,66,67)(H,68,69)(H,70,71)(H,72,73)/t38?,39-,46?,48-,51+,52-,53-,62-,63+/m0/s1. The molecule has 402 valence electrons. The molecule has 0 radical (unpaired) electrons. The number of hydrogen-bond acceptors (Lipinski definition) is 6. The summed E-state index contributed by atoms with van der Waals surface area (Å²) in [6.07, 6.45) is 19.1. The number of ether oxygens (including phenoxy) is 2. The molecule has 0 amide bonds. The second-order valence-electron chi connectivity index (χ2n) is 23.7. The van der Waals surface area contributed by atoms with Gasteiger partial charge in [-0.2, -0.15) is 0 Å². The fourth-order valence-electron chi connectivity index (χ4n) is 14.8. The molecule has 8 rings (SSSR count). The molecule has 4 aliphatic rings. The highest BCUT2D eigenvalue weighted by atomic mass is 35.5. The first-order valence-electron chi connectivity index (χ1n) is 27.4. The van der Waals surface area contributed by atoms with E-state index in [0.29, 0.717) is 68.0 Å². The summed E-state index contributed by atoms with van der Waals surface area (Å²) in [5.41, 5.74) is 4.52. The number of hydrogen-bond donors (Lipinski definition) is 4. The normalized spacial score (nSPS) is 25.3. The van der Waals surface area contributed by atoms with Crippen molar-refractivity contribution in [3.63, 3.8) is 0 Å². The third-order valence-electron chi connectivity index (χ3n) is 18.6. The van der Waals surface area contributed by atoms with E-state index < -0.39 is 23.9 Å². The maximum absolute atomic E-state index is 13.0. The van der Waals surface area contributed by atoms with Crippen LogP contribution in [0.2, 0.25) is 10.0 Å². The van der Waals surface area contributed by atoms with Crippen LogP contribution in [0.3, 0.4) is 0 Å². The van der Waals surface area contributed by atoms with E-state index >= 15 is 0 Å². The molecule has 75 heavy (non-hydrogen) atoms. The van der Waals surface area contributed by atoms with Gasteiger partial charge in [-0.3, -0.25) is 9.59 Å². The van der Waals surface area contributed by atoms with E-state index in [1.165, 1.54) is 82.8 Å². The smallest absolute Gasteiger partial charge is 0.339 e. The van der Waals surface area contributed by atoms with Gasteiger partial charge in [-0.1, -0.05) is 132 Å². The van der Waals surface area contributed by atoms with Crippen LogP contribution in [0.25, 0.3) is 5.57 Å². The minimum Gasteiger partial charge on any atom is -0.486 e. The number of aromatic carboxylic acids is 2. The topological polar surface area (TPSA) is 168 Å². The van der Waals surface area contributed by atoms with Crippen LogP contribution in [-0.2, 0) is 35.6 Å². The summed E-state index contributed by atoms with van der Waals surface area (Å²) in [6.45, 7) is 12.5. The van der Waals surface area contributed by atoms with Crippen molar-refractivity contribution in [2.75, 3.05) is 0 Å². The molecule has 0 saturated heterocycles. The Morgan fingerprint density at radius 2 is 1.15 bits per heavy atom. The van der Waals surface area contributed by atoms with Gasteiger partial charge in [-0.05, 0) is 192 Å². The molecule has 0 heterocycles. The Bertz CT molecular complexity index is 2610. The van der Waals surface area contributed by atoms with Gasteiger partial charge in [-0.15, -0.1) is 0 Å². The van der Waals surface area contributed by atoms with Crippen LogP contribution in [0, 0.1) is 58.2 Å². The molecular weight excluding hydrogens is 988 g/mol. The summed E-state index contributed by atoms with van der Waals surface area (Å²) in [5, 5.41) is 39.7. The Labute approximate surface area is 453 Å². The maximum Gasteiger partial charge on any atom is 0.339 e. The zero-order valence-electron chi connectivity index (χ0n) is 44.3. The van der Waals surface area contributed by atoms with Crippen LogP contribution in [0.1, 0.15) is 179 Å². The molecule has 0 spiro atoms. The fraction of sp³-hybridized carbons (Fsp3) is 0.524. The first kappa shape index (κ1) is 55.9. The average Bonchev–Trinajstić information content (AvgIpc) is 3.74. The monoisotopic (exact) mass is 1060 g/mol. The van der Waals surface area contributed by atoms with Gasteiger partial charge in [0.2, 0.25) is 0 Å². The molecular formula is C63H76Cl2O10. The lowest BCUT2D eigenvalue weighted by Gasteiger charge is -2.61. The number of allylic oxidation sites excluding steroid dienone is 1. The van der Waals surface area contributed by atoms with Crippen LogP contribution in [-0.4, -0.2) is 44.3 Å². The predicted octanol–water partition coefficient (Wildman–Crippen LogP) is 15.8. The zero-order chi connectivity index (χ0) is 53.8. The molecule has 2 unspecified atom stereocenters. The third kappa shape index (κ3) is 12.8. The Kier molecular flexibility index (Phi) is 17.8. The highest BCUT2D eigenvalue weighted by Gasteiger charge is 2.60. The minimum absolute atomic E-state index is 0.0257. The number of carboxylic acid groups (broad SMARTS) is 4. The Morgan fingerprint density at radius 3 is 1.65 bits per heavy atom. The maximum atomic E-state index is 13.0. The van der Waals surface area contributed by atoms with E-state index in [9.17, 15) is 39.6 Å². The first-order chi connectivity index (χ1) is 35.7. The van der Waals surface area contributed by atoms with Crippen molar-refractivity contribution in [3.8, 4) is 11.5 Å². The molecule has 4 fully saturated rings. The van der Waals surface area contributed by atoms with Gasteiger partial charge >= 0.3 is 23.9 Å². The molecule has 0 aliphatic heterocycles. The summed E-state index contributed by atoms with van der Waals surface area (Å²) in [4.78, 5) is 48.4. The van der Waals surface area contributed by atoms with Crippen LogP contribution < -0.4 is 9.47 Å². The largest absolute Gasteiger partial charge is 0.486 e. The lowest BCUT2D eigenvalue weighted by molar-refractivity contribution is -0.137. The molecule has 4 N–H and O–H groups in total. The summed E-state index contributed by atoms with van der Waals surface area (Å²) in [5.74, 6) is 1.54. The first-order valence-corrected chi connectivity index (χ1v) is 28.2. The van der Waals surface area contributed by atoms with Crippen molar-refractivity contribution in [1.82, 2.24) is 0 Å². The Morgan fingerprint density at radius 1 is 0.640 bits per heavy atom. The Balaban J connectivity index is 1.03. The van der Waals surface area contributed by atoms with Crippen LogP contribution in [0.15, 0.2) is 78.9 Å². The van der Waals surface area contributed by atoms with Crippen LogP contribution >= 0.6 is 23.2 Å². The number of rotatable bonds is 22. The van der Waals surface area contributed by atoms with Crippen molar-refractivity contribution in [1.29, 1.82) is 0 Å². The van der Waals surface area contributed by atoms with Gasteiger partial charge < -0.3 is 29.9 Å². The van der Waals surface area contributed by atoms with Crippen molar-refractivity contribution in [3.05, 3.63) is 133 Å². The summed E-state index contributed by atoms with van der Waals surface area (Å²) in [6, 6.07) is 19.9. The number of benzene rings is 4. The third-order valence-corrected chi connectivity index (χ3v) is 19.2. The number of fused-ring (bicyclic) bond motifs is 5. The van der Waals surface area contributed by atoms with E-state index in [0.717, 1.165) is 48.3 Å². The van der Waals surface area contributed by atoms with Gasteiger partial charge in [0.05, 0.1) is 22.9 Å². The lowest BCUT2D eigenvalue weighted by atomic mass is 9.44. The SMILES string of the molecule is CC(C)CCCC(C)[C@H]1CC[C@H]2[C@@H]3CCC4C[C@@H](CCC=C(c5cc(Cl)c(OCc6ccc(CC(=O)O)cc6)c(C(=O)O)c5)c5cc(Cl)c(OCc6ccc(CC(=O)O)cc6)c(C(=O)O)c5)CC[C@]4(C)[C@H]3CC[C@]12C. The summed E-state index contributed by atoms with van der Waals surface area (Å²) in [7, 11) is 0. The van der Waals surface area contributed by atoms with Crippen LogP contribution in [0.5, 0.6) is 11.5 Å². The van der Waals surface area contributed by atoms with E-state index in [2.05, 4.69) is 40.7 Å². The molecule has 4 aromatic rings. The molecule has 4 aliphatic carbocycles. The zero-order valence-corrected chi connectivity index (χ0v) is 45.9. The Hall–Kier alpha value is -5.32. The van der Waals surface area contributed by atoms with E-state index in [1.807, 2.05) is 0 Å². The van der Waals surface area contributed by atoms with Crippen molar-refractivity contribution in [2.45, 2.75) is 151 Å². The molecule has 12 heteroatoms. The molecule has 0 bridgehead atoms. The van der Waals surface area contributed by atoms with Crippen molar-refractivity contribution >= 4 is 52.7 Å². The van der Waals surface area contributed by atoms with Gasteiger partial charge in [0.1, 0.15) is 24.3 Å². The molecule has 4 saturated carbocycles. The number of halogens is 2. The lowest BCUT2D eigenvalue weighted by Crippen LogP contribution is -2.53. The molecule has 9 atom stereocenters. The number of carbonyl (C=O) groups is 4. The molecule has 10 nitrogen and oxygen atoms in total. The van der Waals surface area contributed by atoms with Crippen molar-refractivity contribution < 1.29 is 49.1 Å². The second kappa shape index (κ2) is 23.9. The van der Waals surface area contributed by atoms with E-state index in [-0.39, 0.29) is 58.7 Å². The van der Waals surface area contributed by atoms with Crippen LogP contribution in [0.4, 0.5) is 0 Å². The van der Waals surface area contributed by atoms with Gasteiger partial charge in [0, 0.05) is 0 Å². The predicted molar refractivity (Wildman–Crippen MR) is 294 cm³/mol. The highest BCUT2D eigenvalue weighted by Crippen LogP contribution is 2.69. The fourth-order valence-corrected chi connectivity index (χ4v) is 15.3. The summed E-state index contributed by atoms with van der Waals surface area (Å²) < 4.78 is 12.1. The van der Waals surface area contributed by atoms with Gasteiger partial charge in [0.15, 0.2) is 11.5 Å². The van der Waals surface area contributed by atoms with Crippen molar-refractivity contribution in [2.24, 2.45) is 58.2 Å². The van der Waals surface area contributed by atoms with E-state index in [4.69, 9.17) is 32.7 Å².